The lowest BCUT2D eigenvalue weighted by molar-refractivity contribution is -0.134. The number of likely N-dealkylation sites (tertiary alicyclic amines) is 1. The number of hydrogen-bond donors (Lipinski definition) is 2. The normalized spacial score (nSPS) is 16.6. The van der Waals surface area contributed by atoms with Gasteiger partial charge in [0, 0.05) is 82.1 Å². The number of ether oxygens (including phenoxy) is 2. The highest BCUT2D eigenvalue weighted by molar-refractivity contribution is 5.97. The Morgan fingerprint density at radius 3 is 2.31 bits per heavy atom. The Morgan fingerprint density at radius 1 is 1.06 bits per heavy atom. The molecule has 2 aliphatic rings. The maximum absolute atomic E-state index is 14.3. The van der Waals surface area contributed by atoms with Gasteiger partial charge in [-0.3, -0.25) is 9.69 Å². The minimum absolute atomic E-state index is 0.0406. The molecule has 0 radical (unpaired) electrons. The average molecular weight is 730 g/mol. The van der Waals surface area contributed by atoms with Crippen LogP contribution in [0.4, 0.5) is 10.2 Å². The number of rotatable bonds is 17. The van der Waals surface area contributed by atoms with E-state index in [-0.39, 0.29) is 34.6 Å². The van der Waals surface area contributed by atoms with E-state index in [0.717, 1.165) is 52.2 Å². The van der Waals surface area contributed by atoms with Gasteiger partial charge in [0.15, 0.2) is 5.82 Å². The first-order valence-corrected chi connectivity index (χ1v) is 17.9. The Balaban J connectivity index is 0.000000815. The van der Waals surface area contributed by atoms with Crippen molar-refractivity contribution < 1.29 is 38.5 Å². The average Bonchev–Trinajstić information content (AvgIpc) is 3.53. The number of aromatic nitrogens is 3. The number of carboxylic acid groups (broad SMARTS) is 2. The molecule has 2 atom stereocenters. The van der Waals surface area contributed by atoms with E-state index in [0.29, 0.717) is 42.5 Å². The molecule has 3 heterocycles. The van der Waals surface area contributed by atoms with Gasteiger partial charge in [0.1, 0.15) is 17.9 Å². The van der Waals surface area contributed by atoms with Crippen molar-refractivity contribution in [2.45, 2.75) is 78.9 Å². The number of halogens is 1. The van der Waals surface area contributed by atoms with Crippen LogP contribution in [0, 0.1) is 17.2 Å². The molecule has 1 aromatic heterocycles. The number of amides is 1. The first-order chi connectivity index (χ1) is 24.6. The second-order valence-electron chi connectivity index (χ2n) is 14.3. The minimum Gasteiger partial charge on any atom is -0.478 e. The number of methoxy groups -OCH3 is 1. The van der Waals surface area contributed by atoms with Gasteiger partial charge in [0.2, 0.25) is 0 Å². The van der Waals surface area contributed by atoms with Gasteiger partial charge in [-0.15, -0.1) is 10.2 Å². The predicted octanol–water partition coefficient (Wildman–Crippen LogP) is 4.67. The van der Waals surface area contributed by atoms with Crippen molar-refractivity contribution in [1.29, 1.82) is 0 Å². The Morgan fingerprint density at radius 2 is 1.73 bits per heavy atom. The van der Waals surface area contributed by atoms with E-state index in [2.05, 4.69) is 57.7 Å². The summed E-state index contributed by atoms with van der Waals surface area (Å²) in [6.07, 6.45) is 5.94. The molecule has 1 amide bonds. The molecule has 15 heteroatoms. The van der Waals surface area contributed by atoms with Crippen molar-refractivity contribution in [3.8, 4) is 11.6 Å². The Bertz CT molecular complexity index is 1500. The molecule has 0 aliphatic carbocycles. The van der Waals surface area contributed by atoms with Crippen molar-refractivity contribution in [3.63, 3.8) is 0 Å². The molecule has 1 aromatic carbocycles. The molecule has 2 saturated heterocycles. The fourth-order valence-corrected chi connectivity index (χ4v) is 6.89. The number of anilines is 1. The van der Waals surface area contributed by atoms with Crippen molar-refractivity contribution in [3.05, 3.63) is 48.1 Å². The lowest BCUT2D eigenvalue weighted by Gasteiger charge is -2.53. The van der Waals surface area contributed by atoms with Crippen LogP contribution in [0.2, 0.25) is 0 Å². The molecule has 2 aromatic rings. The van der Waals surface area contributed by atoms with E-state index in [1.165, 1.54) is 30.9 Å². The van der Waals surface area contributed by atoms with E-state index < -0.39 is 17.8 Å². The van der Waals surface area contributed by atoms with E-state index in [1.807, 2.05) is 20.8 Å². The maximum atomic E-state index is 14.3. The van der Waals surface area contributed by atoms with E-state index in [9.17, 15) is 18.8 Å². The standard InChI is InChI=1S/C33H52FN7O3.C4H4O4/c1-9-41(24(4)5)32(42)27-18-26(34)11-13-29(27)44-31-30(35-22-36-37-31)39-15-14-33(19-39)20-40(21-33)28(23(2)3)12-10-25(6)38(7)16-17-43-8;5-3(6)1-2-4(7)8/h11,13,18,22-25,28H,9-10,12,14-17,19-21H2,1-8H3;1-2H,(H,5,6)(H,7,8)/b;2-1+. The molecule has 4 rings (SSSR count). The third-order valence-electron chi connectivity index (χ3n) is 9.88. The van der Waals surface area contributed by atoms with E-state index >= 15 is 0 Å². The summed E-state index contributed by atoms with van der Waals surface area (Å²) in [5, 5.41) is 23.9. The smallest absolute Gasteiger partial charge is 0.328 e. The number of carbonyl (C=O) groups is 3. The summed E-state index contributed by atoms with van der Waals surface area (Å²) in [6, 6.07) is 5.02. The van der Waals surface area contributed by atoms with Gasteiger partial charge in [0.25, 0.3) is 11.8 Å². The second-order valence-corrected chi connectivity index (χ2v) is 14.3. The molecule has 14 nitrogen and oxygen atoms in total. The van der Waals surface area contributed by atoms with Gasteiger partial charge >= 0.3 is 11.9 Å². The van der Waals surface area contributed by atoms with Crippen molar-refractivity contribution >= 4 is 23.7 Å². The molecule has 288 valence electrons. The van der Waals surface area contributed by atoms with Gasteiger partial charge in [-0.25, -0.2) is 19.0 Å². The van der Waals surface area contributed by atoms with Crippen molar-refractivity contribution in [2.75, 3.05) is 64.9 Å². The van der Waals surface area contributed by atoms with Gasteiger partial charge in [-0.1, -0.05) is 13.8 Å². The monoisotopic (exact) mass is 729 g/mol. The predicted molar refractivity (Wildman–Crippen MR) is 195 cm³/mol. The fourth-order valence-electron chi connectivity index (χ4n) is 6.89. The van der Waals surface area contributed by atoms with Gasteiger partial charge in [-0.05, 0) is 78.1 Å². The van der Waals surface area contributed by atoms with Crippen LogP contribution in [0.5, 0.6) is 11.6 Å². The number of benzene rings is 1. The van der Waals surface area contributed by atoms with Crippen LogP contribution in [0.25, 0.3) is 0 Å². The number of carbonyl (C=O) groups excluding carboxylic acids is 1. The van der Waals surface area contributed by atoms with Crippen molar-refractivity contribution in [2.24, 2.45) is 11.3 Å². The zero-order valence-electron chi connectivity index (χ0n) is 31.8. The molecule has 52 heavy (non-hydrogen) atoms. The topological polar surface area (TPSA) is 162 Å². The number of aliphatic carboxylic acids is 2. The summed E-state index contributed by atoms with van der Waals surface area (Å²) in [5.74, 6) is -1.66. The molecular weight excluding hydrogens is 673 g/mol. The summed E-state index contributed by atoms with van der Waals surface area (Å²) >= 11 is 0. The highest BCUT2D eigenvalue weighted by Gasteiger charge is 2.50. The van der Waals surface area contributed by atoms with E-state index in [1.54, 1.807) is 12.0 Å². The Labute approximate surface area is 306 Å². The molecule has 0 saturated carbocycles. The van der Waals surface area contributed by atoms with Gasteiger partial charge in [0.05, 0.1) is 12.2 Å². The summed E-state index contributed by atoms with van der Waals surface area (Å²) in [5.41, 5.74) is 0.357. The van der Waals surface area contributed by atoms with Crippen LogP contribution in [-0.2, 0) is 14.3 Å². The lowest BCUT2D eigenvalue weighted by atomic mass is 9.76. The number of nitrogens with zero attached hydrogens (tertiary/aromatic N) is 7. The highest BCUT2D eigenvalue weighted by Crippen LogP contribution is 2.44. The highest BCUT2D eigenvalue weighted by atomic mass is 19.1. The van der Waals surface area contributed by atoms with Gasteiger partial charge in [-0.2, -0.15) is 0 Å². The quantitative estimate of drug-likeness (QED) is 0.216. The Hall–Kier alpha value is -4.21. The van der Waals surface area contributed by atoms with Crippen LogP contribution in [0.15, 0.2) is 36.7 Å². The zero-order chi connectivity index (χ0) is 38.6. The number of likely N-dealkylation sites (N-methyl/N-ethyl adjacent to an activating group) is 1. The van der Waals surface area contributed by atoms with Gasteiger partial charge < -0.3 is 34.4 Å². The fraction of sp³-hybridized carbons (Fsp3) is 0.622. The lowest BCUT2D eigenvalue weighted by Crippen LogP contribution is -2.62. The first-order valence-electron chi connectivity index (χ1n) is 17.9. The second kappa shape index (κ2) is 19.6. The van der Waals surface area contributed by atoms with Crippen LogP contribution in [0.3, 0.4) is 0 Å². The van der Waals surface area contributed by atoms with Crippen LogP contribution in [-0.4, -0.2) is 136 Å². The SMILES string of the molecule is CCN(C(=O)c1cc(F)ccc1Oc1nncnc1N1CCC2(C1)CN(C(CCC(C)N(C)CCOC)C(C)C)C2)C(C)C.O=C(O)/C=C/C(=O)O. The summed E-state index contributed by atoms with van der Waals surface area (Å²) in [7, 11) is 3.94. The van der Waals surface area contributed by atoms with Crippen LogP contribution in [0.1, 0.15) is 71.2 Å². The summed E-state index contributed by atoms with van der Waals surface area (Å²) in [6.45, 7) is 18.8. The maximum Gasteiger partial charge on any atom is 0.328 e. The zero-order valence-corrected chi connectivity index (χ0v) is 31.8. The minimum atomic E-state index is -1.26. The molecule has 2 aliphatic heterocycles. The first kappa shape index (κ1) is 42.2. The molecule has 0 bridgehead atoms. The van der Waals surface area contributed by atoms with Crippen LogP contribution >= 0.6 is 0 Å². The van der Waals surface area contributed by atoms with Crippen LogP contribution < -0.4 is 9.64 Å². The largest absolute Gasteiger partial charge is 0.478 e. The summed E-state index contributed by atoms with van der Waals surface area (Å²) in [4.78, 5) is 46.0. The molecule has 1 spiro atoms. The summed E-state index contributed by atoms with van der Waals surface area (Å²) < 4.78 is 25.7. The molecule has 2 unspecified atom stereocenters. The third-order valence-corrected chi connectivity index (χ3v) is 9.88. The number of carboxylic acids is 2. The van der Waals surface area contributed by atoms with E-state index in [4.69, 9.17) is 19.7 Å². The Kier molecular flexibility index (Phi) is 15.9. The molecule has 2 N–H and O–H groups in total. The molecule has 2 fully saturated rings. The number of hydrogen-bond acceptors (Lipinski definition) is 11. The van der Waals surface area contributed by atoms with Crippen molar-refractivity contribution in [1.82, 2.24) is 29.9 Å². The third kappa shape index (κ3) is 11.7. The molecular formula is C37H56FN7O7.